The molecule has 220 valence electrons. The molecule has 1 unspecified atom stereocenters. The van der Waals surface area contributed by atoms with Crippen LogP contribution in [0.2, 0.25) is 0 Å². The first-order valence-electron chi connectivity index (χ1n) is 14.0. The molecule has 2 aromatic carbocycles. The van der Waals surface area contributed by atoms with Crippen LogP contribution in [-0.4, -0.2) is 85.8 Å². The summed E-state index contributed by atoms with van der Waals surface area (Å²) in [6, 6.07) is 9.79. The molecule has 0 radical (unpaired) electrons. The van der Waals surface area contributed by atoms with E-state index in [2.05, 4.69) is 11.5 Å². The number of rotatable bonds is 12. The van der Waals surface area contributed by atoms with Gasteiger partial charge in [0.2, 0.25) is 0 Å². The molecular weight excluding hydrogens is 524 g/mol. The fourth-order valence-corrected chi connectivity index (χ4v) is 5.26. The van der Waals surface area contributed by atoms with E-state index >= 15 is 0 Å². The molecule has 41 heavy (non-hydrogen) atoms. The molecule has 9 heteroatoms. The van der Waals surface area contributed by atoms with Crippen molar-refractivity contribution in [3.63, 3.8) is 0 Å². The minimum atomic E-state index is -0.798. The first kappa shape index (κ1) is 30.1. The Morgan fingerprint density at radius 3 is 2.54 bits per heavy atom. The molecule has 2 aliphatic rings. The monoisotopic (exact) mass is 564 g/mol. The Labute approximate surface area is 241 Å². The molecule has 9 nitrogen and oxygen atoms in total. The zero-order valence-corrected chi connectivity index (χ0v) is 24.4. The Balaban J connectivity index is 1.74. The zero-order valence-electron chi connectivity index (χ0n) is 24.4. The number of nitrogens with zero attached hydrogens (tertiary/aromatic N) is 2. The van der Waals surface area contributed by atoms with Crippen molar-refractivity contribution in [2.75, 3.05) is 53.1 Å². The van der Waals surface area contributed by atoms with Crippen LogP contribution in [-0.2, 0) is 14.3 Å². The highest BCUT2D eigenvalue weighted by atomic mass is 16.5. The van der Waals surface area contributed by atoms with Crippen LogP contribution >= 0.6 is 0 Å². The lowest BCUT2D eigenvalue weighted by Crippen LogP contribution is -2.39. The van der Waals surface area contributed by atoms with Gasteiger partial charge in [0.05, 0.1) is 38.0 Å². The molecule has 0 spiro atoms. The number of carbonyl (C=O) groups excluding carboxylic acids is 2. The third kappa shape index (κ3) is 6.92. The highest BCUT2D eigenvalue weighted by molar-refractivity contribution is 6.46. The molecule has 1 amide bonds. The van der Waals surface area contributed by atoms with Gasteiger partial charge in [-0.05, 0) is 68.7 Å². The van der Waals surface area contributed by atoms with Crippen molar-refractivity contribution in [3.05, 3.63) is 71.3 Å². The van der Waals surface area contributed by atoms with Gasteiger partial charge in [0.1, 0.15) is 18.1 Å². The van der Waals surface area contributed by atoms with Gasteiger partial charge in [0, 0.05) is 31.7 Å². The van der Waals surface area contributed by atoms with Crippen molar-refractivity contribution in [1.82, 2.24) is 9.80 Å². The van der Waals surface area contributed by atoms with Crippen molar-refractivity contribution in [2.24, 2.45) is 0 Å². The minimum Gasteiger partial charge on any atom is -0.507 e. The number of ether oxygens (including phenoxy) is 4. The average molecular weight is 565 g/mol. The van der Waals surface area contributed by atoms with Crippen molar-refractivity contribution >= 4 is 17.4 Å². The summed E-state index contributed by atoms with van der Waals surface area (Å²) >= 11 is 0. The van der Waals surface area contributed by atoms with E-state index in [0.717, 1.165) is 25.2 Å². The minimum absolute atomic E-state index is 0.00922. The van der Waals surface area contributed by atoms with Crippen LogP contribution in [0.25, 0.3) is 5.76 Å². The number of aliphatic hydroxyl groups is 1. The van der Waals surface area contributed by atoms with Gasteiger partial charge in [-0.15, -0.1) is 0 Å². The number of likely N-dealkylation sites (tertiary alicyclic amines) is 1. The fourth-order valence-electron chi connectivity index (χ4n) is 5.26. The maximum Gasteiger partial charge on any atom is 0.295 e. The average Bonchev–Trinajstić information content (AvgIpc) is 3.21. The first-order chi connectivity index (χ1) is 19.7. The molecule has 2 aromatic rings. The van der Waals surface area contributed by atoms with Gasteiger partial charge in [-0.25, -0.2) is 0 Å². The van der Waals surface area contributed by atoms with Crippen molar-refractivity contribution in [1.29, 1.82) is 0 Å². The molecule has 2 aliphatic heterocycles. The Bertz CT molecular complexity index is 1300. The van der Waals surface area contributed by atoms with Crippen LogP contribution in [0.5, 0.6) is 17.2 Å². The van der Waals surface area contributed by atoms with Gasteiger partial charge in [-0.1, -0.05) is 18.7 Å². The van der Waals surface area contributed by atoms with E-state index in [9.17, 15) is 14.7 Å². The molecule has 1 atom stereocenters. The normalized spacial score (nSPS) is 19.0. The second-order valence-corrected chi connectivity index (χ2v) is 10.5. The van der Waals surface area contributed by atoms with E-state index in [4.69, 9.17) is 18.9 Å². The van der Waals surface area contributed by atoms with Crippen LogP contribution in [0.1, 0.15) is 43.0 Å². The number of hydrogen-bond donors (Lipinski definition) is 1. The highest BCUT2D eigenvalue weighted by Crippen LogP contribution is 2.42. The fraction of sp³-hybridized carbons (Fsp3) is 0.438. The predicted molar refractivity (Wildman–Crippen MR) is 157 cm³/mol. The first-order valence-corrected chi connectivity index (χ1v) is 14.0. The number of carbonyl (C=O) groups is 2. The number of Topliss-reactive ketones (excluding diaryl/α,β-unsaturated/α-hetero) is 1. The van der Waals surface area contributed by atoms with Crippen molar-refractivity contribution in [3.8, 4) is 17.2 Å². The summed E-state index contributed by atoms with van der Waals surface area (Å²) in [5.41, 5.74) is 1.88. The molecule has 0 aliphatic carbocycles. The number of morpholine rings is 1. The van der Waals surface area contributed by atoms with Crippen LogP contribution in [0.4, 0.5) is 0 Å². The van der Waals surface area contributed by atoms with E-state index in [1.54, 1.807) is 41.3 Å². The van der Waals surface area contributed by atoms with Gasteiger partial charge in [0.15, 0.2) is 11.5 Å². The summed E-state index contributed by atoms with van der Waals surface area (Å²) in [6.07, 6.45) is 2.29. The topological polar surface area (TPSA) is 97.8 Å². The summed E-state index contributed by atoms with van der Waals surface area (Å²) in [4.78, 5) is 30.8. The smallest absolute Gasteiger partial charge is 0.295 e. The van der Waals surface area contributed by atoms with E-state index < -0.39 is 17.7 Å². The van der Waals surface area contributed by atoms with Crippen molar-refractivity contribution in [2.45, 2.75) is 39.3 Å². The lowest BCUT2D eigenvalue weighted by Gasteiger charge is -2.29. The molecule has 0 bridgehead atoms. The SMILES string of the molecule is C=CCOc1ccc(C2/C(=C(\O)c3ccc(OC(C)C)cc3C)C(=O)C(=O)N2CCCN2CCOCC2)cc1OC. The Morgan fingerprint density at radius 1 is 1.12 bits per heavy atom. The standard InChI is InChI=1S/C32H40N2O7/c1-6-16-40-26-11-8-23(20-27(26)38-5)29-28(30(35)25-10-9-24(19-22(25)4)41-21(2)3)31(36)32(37)34(29)13-7-12-33-14-17-39-18-15-33/h6,8-11,19-21,29,35H,1,7,12-18H2,2-5H3/b30-28+. The van der Waals surface area contributed by atoms with Gasteiger partial charge in [0.25, 0.3) is 11.7 Å². The second-order valence-electron chi connectivity index (χ2n) is 10.5. The van der Waals surface area contributed by atoms with Crippen molar-refractivity contribution < 1.29 is 33.6 Å². The zero-order chi connectivity index (χ0) is 29.5. The lowest BCUT2D eigenvalue weighted by molar-refractivity contribution is -0.140. The van der Waals surface area contributed by atoms with Gasteiger partial charge < -0.3 is 29.0 Å². The summed E-state index contributed by atoms with van der Waals surface area (Å²) < 4.78 is 22.5. The summed E-state index contributed by atoms with van der Waals surface area (Å²) in [7, 11) is 1.53. The highest BCUT2D eigenvalue weighted by Gasteiger charge is 2.46. The molecule has 2 fully saturated rings. The van der Waals surface area contributed by atoms with Gasteiger partial charge >= 0.3 is 0 Å². The Hall–Kier alpha value is -3.82. The van der Waals surface area contributed by atoms with E-state index in [1.165, 1.54) is 7.11 Å². The number of aliphatic hydroxyl groups excluding tert-OH is 1. The Kier molecular flexibility index (Phi) is 10.1. The molecular formula is C32H40N2O7. The van der Waals surface area contributed by atoms with E-state index in [0.29, 0.717) is 61.2 Å². The molecule has 0 saturated carbocycles. The maximum atomic E-state index is 13.5. The predicted octanol–water partition coefficient (Wildman–Crippen LogP) is 4.50. The quantitative estimate of drug-likeness (QED) is 0.174. The van der Waals surface area contributed by atoms with Crippen LogP contribution < -0.4 is 14.2 Å². The third-order valence-corrected chi connectivity index (χ3v) is 7.20. The van der Waals surface area contributed by atoms with Crippen LogP contribution in [0.3, 0.4) is 0 Å². The van der Waals surface area contributed by atoms with E-state index in [-0.39, 0.29) is 17.4 Å². The second kappa shape index (κ2) is 13.7. The lowest BCUT2D eigenvalue weighted by atomic mass is 9.93. The number of benzene rings is 2. The van der Waals surface area contributed by atoms with E-state index in [1.807, 2.05) is 26.8 Å². The largest absolute Gasteiger partial charge is 0.507 e. The summed E-state index contributed by atoms with van der Waals surface area (Å²) in [5.74, 6) is 0.0536. The number of ketones is 1. The molecule has 2 heterocycles. The third-order valence-electron chi connectivity index (χ3n) is 7.20. The number of methoxy groups -OCH3 is 1. The Morgan fingerprint density at radius 2 is 1.88 bits per heavy atom. The number of aryl methyl sites for hydroxylation is 1. The van der Waals surface area contributed by atoms with Gasteiger partial charge in [-0.3, -0.25) is 14.5 Å². The number of hydrogen-bond acceptors (Lipinski definition) is 8. The molecule has 2 saturated heterocycles. The van der Waals surface area contributed by atoms with Crippen LogP contribution in [0, 0.1) is 6.92 Å². The van der Waals surface area contributed by atoms with Gasteiger partial charge in [-0.2, -0.15) is 0 Å². The number of amides is 1. The summed E-state index contributed by atoms with van der Waals surface area (Å²) in [6.45, 7) is 13.9. The molecule has 1 N–H and O–H groups in total. The molecule has 0 aromatic heterocycles. The van der Waals surface area contributed by atoms with Crippen LogP contribution in [0.15, 0.2) is 54.6 Å². The summed E-state index contributed by atoms with van der Waals surface area (Å²) in [5, 5.41) is 11.6. The maximum absolute atomic E-state index is 13.5. The molecule has 4 rings (SSSR count).